The molecule has 2 aromatic rings. The first-order valence-corrected chi connectivity index (χ1v) is 42.4. The molecule has 2 aromatic carbocycles. The maximum atomic E-state index is 5.51. The number of rotatable bonds is 73. The van der Waals surface area contributed by atoms with Gasteiger partial charge in [0.05, 0.1) is 22.8 Å². The topological polar surface area (TPSA) is 24.7 Å². The van der Waals surface area contributed by atoms with Crippen molar-refractivity contribution < 1.29 is 0 Å². The second-order valence-corrected chi connectivity index (χ2v) is 29.4. The SMILES string of the molecule is CCCCCCCCCCCCCCCCCCCCCCCCCCCCC=Cc1cccc(N=C(CCCCC)C(CCCCCCCCCCC)=Nc2cccc(C=CCCCCCCCCCCCCCCCCCCCCCCCCCCCC)c2)c1. The number of nitrogens with zero attached hydrogens (tertiary/aromatic N) is 2. The Balaban J connectivity index is 1.71. The summed E-state index contributed by atoms with van der Waals surface area (Å²) >= 11 is 0. The molecule has 0 fully saturated rings. The monoisotopic (exact) mass is 1270 g/mol. The number of aliphatic imine (C=N–C) groups is 2. The van der Waals surface area contributed by atoms with Crippen LogP contribution in [0.3, 0.4) is 0 Å². The van der Waals surface area contributed by atoms with Crippen molar-refractivity contribution in [2.45, 2.75) is 464 Å². The highest BCUT2D eigenvalue weighted by atomic mass is 14.8. The maximum Gasteiger partial charge on any atom is 0.0639 e. The van der Waals surface area contributed by atoms with Gasteiger partial charge in [0.25, 0.3) is 0 Å². The summed E-state index contributed by atoms with van der Waals surface area (Å²) in [6, 6.07) is 18.0. The summed E-state index contributed by atoms with van der Waals surface area (Å²) in [4.78, 5) is 11.0. The Hall–Kier alpha value is -2.74. The van der Waals surface area contributed by atoms with E-state index in [-0.39, 0.29) is 0 Å². The van der Waals surface area contributed by atoms with E-state index in [0.29, 0.717) is 0 Å². The lowest BCUT2D eigenvalue weighted by Gasteiger charge is -2.12. The molecule has 0 unspecified atom stereocenters. The molecule has 0 radical (unpaired) electrons. The molecule has 0 aliphatic carbocycles. The summed E-state index contributed by atoms with van der Waals surface area (Å²) in [5.41, 5.74) is 7.08. The van der Waals surface area contributed by atoms with Gasteiger partial charge in [-0.25, -0.2) is 0 Å². The lowest BCUT2D eigenvalue weighted by atomic mass is 10.00. The zero-order chi connectivity index (χ0) is 65.4. The fraction of sp³-hybridized carbons (Fsp3) is 0.800. The van der Waals surface area contributed by atoms with Gasteiger partial charge in [0.2, 0.25) is 0 Å². The molecule has 0 N–H and O–H groups in total. The smallest absolute Gasteiger partial charge is 0.0639 e. The van der Waals surface area contributed by atoms with E-state index < -0.39 is 0 Å². The molecule has 0 saturated carbocycles. The molecule has 2 rings (SSSR count). The summed E-state index contributed by atoms with van der Waals surface area (Å²) in [6.45, 7) is 9.26. The van der Waals surface area contributed by atoms with Crippen LogP contribution in [0.2, 0.25) is 0 Å². The quantitative estimate of drug-likeness (QED) is 0.0466. The molecule has 0 amide bonds. The first kappa shape index (κ1) is 85.3. The summed E-state index contributed by atoms with van der Waals surface area (Å²) < 4.78 is 0. The van der Waals surface area contributed by atoms with Gasteiger partial charge in [-0.1, -0.05) is 462 Å². The van der Waals surface area contributed by atoms with E-state index in [1.54, 1.807) is 0 Å². The second kappa shape index (κ2) is 71.0. The van der Waals surface area contributed by atoms with Crippen LogP contribution < -0.4 is 0 Å². The predicted molar refractivity (Wildman–Crippen MR) is 422 cm³/mol. The highest BCUT2D eigenvalue weighted by Crippen LogP contribution is 2.25. The highest BCUT2D eigenvalue weighted by Gasteiger charge is 2.12. The molecule has 0 aliphatic rings. The molecule has 0 bridgehead atoms. The van der Waals surface area contributed by atoms with E-state index in [9.17, 15) is 0 Å². The molecule has 2 heteroatoms. The van der Waals surface area contributed by atoms with Crippen LogP contribution in [0.1, 0.15) is 475 Å². The van der Waals surface area contributed by atoms with Gasteiger partial charge in [0.1, 0.15) is 0 Å². The molecule has 0 aromatic heterocycles. The third kappa shape index (κ3) is 58.6. The van der Waals surface area contributed by atoms with Crippen LogP contribution in [-0.4, -0.2) is 11.4 Å². The molecule has 0 saturated heterocycles. The number of hydrogen-bond donors (Lipinski definition) is 0. The summed E-state index contributed by atoms with van der Waals surface area (Å²) in [6.07, 6.45) is 105. The summed E-state index contributed by atoms with van der Waals surface area (Å²) in [5.74, 6) is 0. The molecule has 0 aliphatic heterocycles. The van der Waals surface area contributed by atoms with Crippen LogP contribution in [0, 0.1) is 0 Å². The lowest BCUT2D eigenvalue weighted by molar-refractivity contribution is 0.515. The summed E-state index contributed by atoms with van der Waals surface area (Å²) in [5, 5.41) is 0. The average Bonchev–Trinajstić information content (AvgIpc) is 2.15. The Morgan fingerprint density at radius 2 is 0.413 bits per heavy atom. The van der Waals surface area contributed by atoms with Gasteiger partial charge in [-0.05, 0) is 86.8 Å². The third-order valence-electron chi connectivity index (χ3n) is 20.2. The minimum Gasteiger partial charge on any atom is -0.252 e. The molecule has 0 atom stereocenters. The van der Waals surface area contributed by atoms with Crippen molar-refractivity contribution >= 4 is 35.0 Å². The van der Waals surface area contributed by atoms with Crippen molar-refractivity contribution in [3.63, 3.8) is 0 Å². The molecule has 92 heavy (non-hydrogen) atoms. The summed E-state index contributed by atoms with van der Waals surface area (Å²) in [7, 11) is 0. The van der Waals surface area contributed by atoms with Crippen molar-refractivity contribution in [1.82, 2.24) is 0 Å². The van der Waals surface area contributed by atoms with E-state index in [0.717, 1.165) is 30.6 Å². The fourth-order valence-electron chi connectivity index (χ4n) is 14.0. The third-order valence-corrected chi connectivity index (χ3v) is 20.2. The Morgan fingerprint density at radius 1 is 0.228 bits per heavy atom. The minimum absolute atomic E-state index is 0.989. The van der Waals surface area contributed by atoms with Gasteiger partial charge >= 0.3 is 0 Å². The van der Waals surface area contributed by atoms with E-state index >= 15 is 0 Å². The van der Waals surface area contributed by atoms with Crippen molar-refractivity contribution in [2.75, 3.05) is 0 Å². The van der Waals surface area contributed by atoms with Crippen LogP contribution in [0.4, 0.5) is 11.4 Å². The second-order valence-electron chi connectivity index (χ2n) is 29.4. The zero-order valence-electron chi connectivity index (χ0n) is 62.9. The normalized spacial score (nSPS) is 12.3. The van der Waals surface area contributed by atoms with Crippen LogP contribution in [-0.2, 0) is 0 Å². The Kier molecular flexibility index (Phi) is 65.9. The van der Waals surface area contributed by atoms with Gasteiger partial charge in [0.15, 0.2) is 0 Å². The van der Waals surface area contributed by atoms with Gasteiger partial charge in [-0.3, -0.25) is 9.98 Å². The van der Waals surface area contributed by atoms with E-state index in [1.165, 1.54) is 440 Å². The van der Waals surface area contributed by atoms with E-state index in [1.807, 2.05) is 0 Å². The van der Waals surface area contributed by atoms with Crippen molar-refractivity contribution in [3.8, 4) is 0 Å². The average molecular weight is 1270 g/mol. The fourth-order valence-corrected chi connectivity index (χ4v) is 14.0. The van der Waals surface area contributed by atoms with Crippen LogP contribution in [0.5, 0.6) is 0 Å². The number of unbranched alkanes of at least 4 members (excludes halogenated alkanes) is 62. The largest absolute Gasteiger partial charge is 0.252 e. The lowest BCUT2D eigenvalue weighted by Crippen LogP contribution is -2.14. The van der Waals surface area contributed by atoms with Gasteiger partial charge in [0, 0.05) is 0 Å². The van der Waals surface area contributed by atoms with Crippen molar-refractivity contribution in [2.24, 2.45) is 9.98 Å². The van der Waals surface area contributed by atoms with Gasteiger partial charge in [-0.15, -0.1) is 0 Å². The van der Waals surface area contributed by atoms with Crippen molar-refractivity contribution in [1.29, 1.82) is 0 Å². The Bertz CT molecular complexity index is 1920. The van der Waals surface area contributed by atoms with Crippen LogP contribution in [0.25, 0.3) is 12.2 Å². The zero-order valence-corrected chi connectivity index (χ0v) is 62.9. The molecular weight excluding hydrogens is 1110 g/mol. The van der Waals surface area contributed by atoms with Crippen molar-refractivity contribution in [3.05, 3.63) is 71.8 Å². The molecule has 2 nitrogen and oxygen atoms in total. The minimum atomic E-state index is 0.989. The molecule has 0 heterocycles. The first-order chi connectivity index (χ1) is 45.7. The standard InChI is InChI=1S/C90H160N2/c1-5-9-13-16-19-22-24-26-28-30-32-34-36-38-40-42-44-46-48-50-52-54-56-58-61-63-66-70-75-85-77-73-79-87(83-85)91-89(81-69-12-8-4)90(82-72-68-65-60-21-18-15-11-7-3)92-88-80-74-78-86(84-88)76-71-67-64-62-59-57-55-53-51-49-47-45-43-41-39-37-35-33-31-29-27-25-23-20-17-14-10-6-2/h70-71,73-80,83-84H,5-69,72,81-82H2,1-4H3. The molecule has 530 valence electrons. The van der Waals surface area contributed by atoms with Gasteiger partial charge in [-0.2, -0.15) is 0 Å². The molecular formula is C90H160N2. The maximum absolute atomic E-state index is 5.51. The highest BCUT2D eigenvalue weighted by molar-refractivity contribution is 6.43. The van der Waals surface area contributed by atoms with Crippen LogP contribution in [0.15, 0.2) is 70.7 Å². The first-order valence-electron chi connectivity index (χ1n) is 42.4. The Labute approximate surface area is 577 Å². The predicted octanol–water partition coefficient (Wildman–Crippen LogP) is 33.2. The molecule has 0 spiro atoms. The number of hydrogen-bond acceptors (Lipinski definition) is 2. The van der Waals surface area contributed by atoms with E-state index in [4.69, 9.17) is 9.98 Å². The number of benzene rings is 2. The van der Waals surface area contributed by atoms with E-state index in [2.05, 4.69) is 101 Å². The van der Waals surface area contributed by atoms with Gasteiger partial charge < -0.3 is 0 Å². The Morgan fingerprint density at radius 3 is 0.641 bits per heavy atom. The number of allylic oxidation sites excluding steroid dienone is 2. The van der Waals surface area contributed by atoms with Crippen LogP contribution >= 0.6 is 0 Å².